The van der Waals surface area contributed by atoms with E-state index in [1.165, 1.54) is 6.07 Å². The summed E-state index contributed by atoms with van der Waals surface area (Å²) in [4.78, 5) is 10.9. The number of carboxylic acid groups (broad SMARTS) is 1. The lowest BCUT2D eigenvalue weighted by Crippen LogP contribution is -2.30. The van der Waals surface area contributed by atoms with Gasteiger partial charge in [0.15, 0.2) is 0 Å². The Hall–Kier alpha value is -1.42. The summed E-state index contributed by atoms with van der Waals surface area (Å²) >= 11 is 0. The summed E-state index contributed by atoms with van der Waals surface area (Å²) < 4.78 is 13.3. The molecule has 0 aromatic heterocycles. The number of nitrogens with one attached hydrogen (secondary N) is 1. The van der Waals surface area contributed by atoms with Gasteiger partial charge in [-0.1, -0.05) is 12.1 Å². The Balaban J connectivity index is 2.05. The second-order valence-corrected chi connectivity index (χ2v) is 5.27. The average Bonchev–Trinajstić information content (AvgIpc) is 2.40. The minimum Gasteiger partial charge on any atom is -0.481 e. The molecule has 0 radical (unpaired) electrons. The predicted molar refractivity (Wildman–Crippen MR) is 71.3 cm³/mol. The molecular weight excluding hydrogens is 245 g/mol. The molecular formula is C15H20FNO2. The van der Waals surface area contributed by atoms with Crippen LogP contribution in [0.25, 0.3) is 0 Å². The van der Waals surface area contributed by atoms with Gasteiger partial charge in [-0.25, -0.2) is 4.39 Å². The first kappa shape index (κ1) is 14.0. The third-order valence-corrected chi connectivity index (χ3v) is 4.11. The number of hydrogen-bond donors (Lipinski definition) is 2. The number of benzene rings is 1. The van der Waals surface area contributed by atoms with Crippen LogP contribution in [-0.2, 0) is 4.79 Å². The van der Waals surface area contributed by atoms with Gasteiger partial charge in [-0.3, -0.25) is 4.79 Å². The van der Waals surface area contributed by atoms with Crippen molar-refractivity contribution < 1.29 is 14.3 Å². The van der Waals surface area contributed by atoms with Crippen LogP contribution in [0, 0.1) is 17.7 Å². The van der Waals surface area contributed by atoms with Gasteiger partial charge in [0, 0.05) is 6.04 Å². The molecule has 0 bridgehead atoms. The van der Waals surface area contributed by atoms with Crippen LogP contribution in [-0.4, -0.2) is 18.1 Å². The number of carboxylic acids is 1. The van der Waals surface area contributed by atoms with E-state index in [9.17, 15) is 9.18 Å². The molecule has 1 unspecified atom stereocenters. The molecule has 1 aliphatic rings. The van der Waals surface area contributed by atoms with E-state index in [1.54, 1.807) is 12.1 Å². The van der Waals surface area contributed by atoms with Crippen molar-refractivity contribution in [2.45, 2.75) is 31.7 Å². The van der Waals surface area contributed by atoms with Gasteiger partial charge >= 0.3 is 5.97 Å². The molecule has 1 aliphatic carbocycles. The minimum atomic E-state index is -0.690. The molecule has 1 aromatic carbocycles. The second-order valence-electron chi connectivity index (χ2n) is 5.27. The zero-order valence-corrected chi connectivity index (χ0v) is 11.1. The molecule has 19 heavy (non-hydrogen) atoms. The summed E-state index contributed by atoms with van der Waals surface area (Å²) in [6.45, 7) is 0. The fourth-order valence-electron chi connectivity index (χ4n) is 3.07. The van der Waals surface area contributed by atoms with Gasteiger partial charge in [0.25, 0.3) is 0 Å². The molecule has 0 saturated heterocycles. The van der Waals surface area contributed by atoms with E-state index in [4.69, 9.17) is 5.11 Å². The fraction of sp³-hybridized carbons (Fsp3) is 0.533. The van der Waals surface area contributed by atoms with E-state index in [0.29, 0.717) is 18.8 Å². The van der Waals surface area contributed by atoms with Gasteiger partial charge in [-0.2, -0.15) is 0 Å². The normalized spacial score (nSPS) is 24.9. The molecule has 2 rings (SSSR count). The van der Waals surface area contributed by atoms with Crippen molar-refractivity contribution in [3.05, 3.63) is 35.6 Å². The SMILES string of the molecule is CNC(c1cccc(F)c1)C1CCC(C(=O)O)CC1. The van der Waals surface area contributed by atoms with Gasteiger partial charge in [0.2, 0.25) is 0 Å². The maximum atomic E-state index is 13.3. The van der Waals surface area contributed by atoms with Crippen LogP contribution < -0.4 is 5.32 Å². The summed E-state index contributed by atoms with van der Waals surface area (Å²) in [5.41, 5.74) is 0.946. The Morgan fingerprint density at radius 3 is 2.58 bits per heavy atom. The fourth-order valence-corrected chi connectivity index (χ4v) is 3.07. The van der Waals surface area contributed by atoms with Gasteiger partial charge in [0.1, 0.15) is 5.82 Å². The molecule has 0 spiro atoms. The molecule has 0 amide bonds. The highest BCUT2D eigenvalue weighted by Gasteiger charge is 2.30. The Morgan fingerprint density at radius 1 is 1.37 bits per heavy atom. The molecule has 2 N–H and O–H groups in total. The van der Waals surface area contributed by atoms with Crippen LogP contribution in [0.5, 0.6) is 0 Å². The molecule has 0 heterocycles. The van der Waals surface area contributed by atoms with Crippen molar-refractivity contribution in [2.24, 2.45) is 11.8 Å². The largest absolute Gasteiger partial charge is 0.481 e. The minimum absolute atomic E-state index is 0.102. The molecule has 1 atom stereocenters. The number of hydrogen-bond acceptors (Lipinski definition) is 2. The average molecular weight is 265 g/mol. The molecule has 3 nitrogen and oxygen atoms in total. The lowest BCUT2D eigenvalue weighted by molar-refractivity contribution is -0.143. The molecule has 1 saturated carbocycles. The highest BCUT2D eigenvalue weighted by molar-refractivity contribution is 5.70. The van der Waals surface area contributed by atoms with E-state index in [1.807, 2.05) is 13.1 Å². The summed E-state index contributed by atoms with van der Waals surface area (Å²) in [6, 6.07) is 6.75. The highest BCUT2D eigenvalue weighted by atomic mass is 19.1. The third kappa shape index (κ3) is 3.32. The van der Waals surface area contributed by atoms with Crippen molar-refractivity contribution >= 4 is 5.97 Å². The lowest BCUT2D eigenvalue weighted by atomic mass is 9.77. The van der Waals surface area contributed by atoms with Crippen LogP contribution in [0.3, 0.4) is 0 Å². The van der Waals surface area contributed by atoms with Gasteiger partial charge < -0.3 is 10.4 Å². The van der Waals surface area contributed by atoms with Crippen molar-refractivity contribution in [3.63, 3.8) is 0 Å². The quantitative estimate of drug-likeness (QED) is 0.880. The zero-order valence-electron chi connectivity index (χ0n) is 11.1. The van der Waals surface area contributed by atoms with E-state index in [-0.39, 0.29) is 17.8 Å². The van der Waals surface area contributed by atoms with Crippen LogP contribution in [0.4, 0.5) is 4.39 Å². The van der Waals surface area contributed by atoms with Crippen LogP contribution in [0.1, 0.15) is 37.3 Å². The summed E-state index contributed by atoms with van der Waals surface area (Å²) in [5, 5.41) is 12.3. The summed E-state index contributed by atoms with van der Waals surface area (Å²) in [6.07, 6.45) is 3.18. The van der Waals surface area contributed by atoms with E-state index in [2.05, 4.69) is 5.32 Å². The number of halogens is 1. The van der Waals surface area contributed by atoms with Crippen LogP contribution >= 0.6 is 0 Å². The first-order chi connectivity index (χ1) is 9.11. The number of carbonyl (C=O) groups is 1. The van der Waals surface area contributed by atoms with E-state index < -0.39 is 5.97 Å². The highest BCUT2D eigenvalue weighted by Crippen LogP contribution is 2.36. The molecule has 1 fully saturated rings. The Kier molecular flexibility index (Phi) is 4.53. The first-order valence-corrected chi connectivity index (χ1v) is 6.77. The zero-order chi connectivity index (χ0) is 13.8. The first-order valence-electron chi connectivity index (χ1n) is 6.77. The molecule has 4 heteroatoms. The van der Waals surface area contributed by atoms with Gasteiger partial charge in [-0.15, -0.1) is 0 Å². The lowest BCUT2D eigenvalue weighted by Gasteiger charge is -2.32. The van der Waals surface area contributed by atoms with Crippen LogP contribution in [0.15, 0.2) is 24.3 Å². The van der Waals surface area contributed by atoms with Gasteiger partial charge in [0.05, 0.1) is 5.92 Å². The van der Waals surface area contributed by atoms with Crippen molar-refractivity contribution in [3.8, 4) is 0 Å². The maximum Gasteiger partial charge on any atom is 0.306 e. The maximum absolute atomic E-state index is 13.3. The van der Waals surface area contributed by atoms with Crippen molar-refractivity contribution in [1.29, 1.82) is 0 Å². The van der Waals surface area contributed by atoms with Crippen molar-refractivity contribution in [2.75, 3.05) is 7.05 Å². The summed E-state index contributed by atoms with van der Waals surface area (Å²) in [5.74, 6) is -0.745. The summed E-state index contributed by atoms with van der Waals surface area (Å²) in [7, 11) is 1.87. The molecule has 1 aromatic rings. The third-order valence-electron chi connectivity index (χ3n) is 4.11. The topological polar surface area (TPSA) is 49.3 Å². The van der Waals surface area contributed by atoms with E-state index in [0.717, 1.165) is 18.4 Å². The van der Waals surface area contributed by atoms with Crippen molar-refractivity contribution in [1.82, 2.24) is 5.32 Å². The molecule has 104 valence electrons. The number of aliphatic carboxylic acids is 1. The Morgan fingerprint density at radius 2 is 2.05 bits per heavy atom. The molecule has 0 aliphatic heterocycles. The van der Waals surface area contributed by atoms with Gasteiger partial charge in [-0.05, 0) is 56.3 Å². The van der Waals surface area contributed by atoms with E-state index >= 15 is 0 Å². The smallest absolute Gasteiger partial charge is 0.306 e. The monoisotopic (exact) mass is 265 g/mol. The predicted octanol–water partition coefficient (Wildman–Crippen LogP) is 2.98. The van der Waals surface area contributed by atoms with Crippen LogP contribution in [0.2, 0.25) is 0 Å². The standard InChI is InChI=1S/C15H20FNO2/c1-17-14(12-3-2-4-13(16)9-12)10-5-7-11(8-6-10)15(18)19/h2-4,9-11,14,17H,5-8H2,1H3,(H,18,19). The Labute approximate surface area is 112 Å². The number of rotatable bonds is 4. The Bertz CT molecular complexity index is 442. The second kappa shape index (κ2) is 6.15.